The van der Waals surface area contributed by atoms with E-state index >= 15 is 0 Å². The first-order valence-electron chi connectivity index (χ1n) is 7.75. The molecule has 0 unspecified atom stereocenters. The fourth-order valence-electron chi connectivity index (χ4n) is 2.70. The van der Waals surface area contributed by atoms with Gasteiger partial charge in [-0.05, 0) is 19.4 Å². The average molecular weight is 382 g/mol. The number of fused-ring (bicyclic) bond motifs is 1. The molecule has 0 radical (unpaired) electrons. The minimum Gasteiger partial charge on any atom is -0.451 e. The first-order valence-corrected chi connectivity index (χ1v) is 10.6. The zero-order valence-corrected chi connectivity index (χ0v) is 15.2. The SMILES string of the molecule is Cc1c(C(=O)NNC(=O)CS[C@H]2CCS(=O)(=O)C2)oc2ccccc12. The van der Waals surface area contributed by atoms with Crippen LogP contribution in [0.3, 0.4) is 0 Å². The number of carbonyl (C=O) groups excluding carboxylic acids is 2. The van der Waals surface area contributed by atoms with Crippen molar-refractivity contribution in [3.63, 3.8) is 0 Å². The molecule has 0 aliphatic carbocycles. The van der Waals surface area contributed by atoms with E-state index in [-0.39, 0.29) is 28.3 Å². The number of para-hydroxylation sites is 1. The van der Waals surface area contributed by atoms with Crippen LogP contribution in [0.4, 0.5) is 0 Å². The molecular weight excluding hydrogens is 364 g/mol. The minimum absolute atomic E-state index is 0.0657. The maximum absolute atomic E-state index is 12.2. The van der Waals surface area contributed by atoms with Gasteiger partial charge in [-0.15, -0.1) is 11.8 Å². The van der Waals surface area contributed by atoms with Gasteiger partial charge in [-0.2, -0.15) is 0 Å². The fraction of sp³-hybridized carbons (Fsp3) is 0.375. The second-order valence-electron chi connectivity index (χ2n) is 5.89. The lowest BCUT2D eigenvalue weighted by molar-refractivity contribution is -0.119. The first kappa shape index (κ1) is 17.8. The number of hydrogen-bond donors (Lipinski definition) is 2. The number of thioether (sulfide) groups is 1. The highest BCUT2D eigenvalue weighted by molar-refractivity contribution is 8.02. The molecule has 9 heteroatoms. The standard InChI is InChI=1S/C16H18N2O5S2/c1-10-12-4-2-3-5-13(12)23-15(10)16(20)18-17-14(19)8-24-11-6-7-25(21,22)9-11/h2-5,11H,6-9H2,1H3,(H,17,19)(H,18,20)/t11-/m0/s1. The van der Waals surface area contributed by atoms with E-state index in [2.05, 4.69) is 10.9 Å². The molecule has 1 saturated heterocycles. The third-order valence-electron chi connectivity index (χ3n) is 4.01. The summed E-state index contributed by atoms with van der Waals surface area (Å²) in [6, 6.07) is 7.30. The molecule has 2 amide bonds. The lowest BCUT2D eigenvalue weighted by Gasteiger charge is -2.09. The Morgan fingerprint density at radius 2 is 2.04 bits per heavy atom. The Labute approximate surface area is 149 Å². The Morgan fingerprint density at radius 1 is 1.28 bits per heavy atom. The molecule has 25 heavy (non-hydrogen) atoms. The molecule has 1 fully saturated rings. The zero-order valence-electron chi connectivity index (χ0n) is 13.6. The number of nitrogens with one attached hydrogen (secondary N) is 2. The third kappa shape index (κ3) is 4.16. The number of benzene rings is 1. The summed E-state index contributed by atoms with van der Waals surface area (Å²) in [6.45, 7) is 1.78. The van der Waals surface area contributed by atoms with E-state index < -0.39 is 21.7 Å². The van der Waals surface area contributed by atoms with Crippen molar-refractivity contribution in [1.29, 1.82) is 0 Å². The van der Waals surface area contributed by atoms with E-state index in [4.69, 9.17) is 4.42 Å². The monoisotopic (exact) mass is 382 g/mol. The predicted octanol–water partition coefficient (Wildman–Crippen LogP) is 1.42. The van der Waals surface area contributed by atoms with Crippen molar-refractivity contribution in [2.45, 2.75) is 18.6 Å². The van der Waals surface area contributed by atoms with Gasteiger partial charge >= 0.3 is 5.91 Å². The van der Waals surface area contributed by atoms with Gasteiger partial charge in [-0.1, -0.05) is 18.2 Å². The van der Waals surface area contributed by atoms with Gasteiger partial charge in [0.15, 0.2) is 15.6 Å². The number of hydrazine groups is 1. The van der Waals surface area contributed by atoms with E-state index in [1.54, 1.807) is 13.0 Å². The Hall–Kier alpha value is -2.00. The molecule has 0 spiro atoms. The summed E-state index contributed by atoms with van der Waals surface area (Å²) in [4.78, 5) is 24.0. The number of carbonyl (C=O) groups is 2. The van der Waals surface area contributed by atoms with Gasteiger partial charge in [-0.25, -0.2) is 8.42 Å². The van der Waals surface area contributed by atoms with Gasteiger partial charge in [0.1, 0.15) is 5.58 Å². The number of amides is 2. The molecular formula is C16H18N2O5S2. The van der Waals surface area contributed by atoms with Crippen molar-refractivity contribution in [2.75, 3.05) is 17.3 Å². The van der Waals surface area contributed by atoms with Gasteiger partial charge in [0, 0.05) is 16.2 Å². The van der Waals surface area contributed by atoms with Crippen LogP contribution in [0.2, 0.25) is 0 Å². The van der Waals surface area contributed by atoms with Crippen LogP contribution in [0.5, 0.6) is 0 Å². The van der Waals surface area contributed by atoms with Crippen LogP contribution >= 0.6 is 11.8 Å². The Balaban J connectivity index is 1.51. The first-order chi connectivity index (χ1) is 11.9. The molecule has 0 saturated carbocycles. The van der Waals surface area contributed by atoms with Crippen LogP contribution < -0.4 is 10.9 Å². The molecule has 7 nitrogen and oxygen atoms in total. The van der Waals surface area contributed by atoms with Crippen molar-refractivity contribution in [3.05, 3.63) is 35.6 Å². The second kappa shape index (κ2) is 7.09. The minimum atomic E-state index is -2.96. The lowest BCUT2D eigenvalue weighted by Crippen LogP contribution is -2.42. The van der Waals surface area contributed by atoms with Gasteiger partial charge in [0.25, 0.3) is 0 Å². The Bertz CT molecular complexity index is 920. The van der Waals surface area contributed by atoms with Crippen LogP contribution in [0, 0.1) is 6.92 Å². The molecule has 2 heterocycles. The summed E-state index contributed by atoms with van der Waals surface area (Å²) >= 11 is 1.28. The van der Waals surface area contributed by atoms with Crippen molar-refractivity contribution >= 4 is 44.4 Å². The van der Waals surface area contributed by atoms with E-state index in [1.165, 1.54) is 11.8 Å². The van der Waals surface area contributed by atoms with Crippen LogP contribution in [-0.2, 0) is 14.6 Å². The molecule has 2 N–H and O–H groups in total. The molecule has 1 aliphatic rings. The van der Waals surface area contributed by atoms with Crippen LogP contribution in [0.25, 0.3) is 11.0 Å². The van der Waals surface area contributed by atoms with Crippen molar-refractivity contribution in [1.82, 2.24) is 10.9 Å². The molecule has 2 aromatic rings. The van der Waals surface area contributed by atoms with Crippen LogP contribution in [0.15, 0.2) is 28.7 Å². The largest absolute Gasteiger partial charge is 0.451 e. The molecule has 1 atom stereocenters. The fourth-order valence-corrected chi connectivity index (χ4v) is 6.14. The molecule has 1 aromatic heterocycles. The predicted molar refractivity (Wildman–Crippen MR) is 96.1 cm³/mol. The molecule has 0 bridgehead atoms. The summed E-state index contributed by atoms with van der Waals surface area (Å²) < 4.78 is 28.3. The quantitative estimate of drug-likeness (QED) is 0.775. The molecule has 3 rings (SSSR count). The number of aryl methyl sites for hydroxylation is 1. The highest BCUT2D eigenvalue weighted by Crippen LogP contribution is 2.25. The number of hydrogen-bond acceptors (Lipinski definition) is 6. The molecule has 1 aliphatic heterocycles. The second-order valence-corrected chi connectivity index (χ2v) is 9.41. The Kier molecular flexibility index (Phi) is 5.05. The third-order valence-corrected chi connectivity index (χ3v) is 7.29. The van der Waals surface area contributed by atoms with E-state index in [0.29, 0.717) is 17.6 Å². The summed E-state index contributed by atoms with van der Waals surface area (Å²) in [5, 5.41) is 0.779. The number of rotatable bonds is 4. The summed E-state index contributed by atoms with van der Waals surface area (Å²) in [6.07, 6.45) is 0.560. The summed E-state index contributed by atoms with van der Waals surface area (Å²) in [7, 11) is -2.96. The average Bonchev–Trinajstić information content (AvgIpc) is 3.10. The number of furan rings is 1. The Morgan fingerprint density at radius 3 is 2.72 bits per heavy atom. The van der Waals surface area contributed by atoms with Crippen molar-refractivity contribution in [2.24, 2.45) is 0 Å². The summed E-state index contributed by atoms with van der Waals surface area (Å²) in [5.74, 6) is -0.411. The van der Waals surface area contributed by atoms with E-state index in [0.717, 1.165) is 5.39 Å². The normalized spacial score (nSPS) is 19.0. The topological polar surface area (TPSA) is 105 Å². The zero-order chi connectivity index (χ0) is 18.0. The lowest BCUT2D eigenvalue weighted by atomic mass is 10.1. The van der Waals surface area contributed by atoms with Crippen LogP contribution in [-0.4, -0.2) is 42.7 Å². The van der Waals surface area contributed by atoms with E-state index in [9.17, 15) is 18.0 Å². The van der Waals surface area contributed by atoms with Gasteiger partial charge in [0.05, 0.1) is 17.3 Å². The van der Waals surface area contributed by atoms with Gasteiger partial charge in [-0.3, -0.25) is 20.4 Å². The summed E-state index contributed by atoms with van der Waals surface area (Å²) in [5.41, 5.74) is 5.96. The molecule has 134 valence electrons. The maximum Gasteiger partial charge on any atom is 0.305 e. The highest BCUT2D eigenvalue weighted by Gasteiger charge is 2.28. The van der Waals surface area contributed by atoms with Gasteiger partial charge < -0.3 is 4.42 Å². The smallest absolute Gasteiger partial charge is 0.305 e. The van der Waals surface area contributed by atoms with Gasteiger partial charge in [0.2, 0.25) is 5.91 Å². The van der Waals surface area contributed by atoms with Crippen molar-refractivity contribution < 1.29 is 22.4 Å². The van der Waals surface area contributed by atoms with E-state index in [1.807, 2.05) is 18.2 Å². The number of sulfone groups is 1. The van der Waals surface area contributed by atoms with Crippen molar-refractivity contribution in [3.8, 4) is 0 Å². The molecule has 1 aromatic carbocycles. The maximum atomic E-state index is 12.2. The van der Waals surface area contributed by atoms with Crippen LogP contribution in [0.1, 0.15) is 22.5 Å². The highest BCUT2D eigenvalue weighted by atomic mass is 32.2.